The fourth-order valence-electron chi connectivity index (χ4n) is 1.86. The molecule has 14 heavy (non-hydrogen) atoms. The minimum atomic E-state index is 0. The van der Waals surface area contributed by atoms with Crippen molar-refractivity contribution in [2.24, 2.45) is 0 Å². The van der Waals surface area contributed by atoms with Crippen molar-refractivity contribution < 1.29 is 18.9 Å². The molecule has 3 rings (SSSR count). The van der Waals surface area contributed by atoms with Crippen LogP contribution in [0.4, 0.5) is 0 Å². The molecule has 0 nitrogen and oxygen atoms in total. The van der Waals surface area contributed by atoms with Crippen LogP contribution in [0.15, 0.2) is 17.0 Å². The van der Waals surface area contributed by atoms with E-state index in [-0.39, 0.29) is 18.9 Å². The van der Waals surface area contributed by atoms with Crippen molar-refractivity contribution in [2.45, 2.75) is 19.1 Å². The SMILES string of the molecule is CC1=CC2=c3cc(C)sc3=[C-]C2S1.[Li+]. The molecule has 1 aliphatic carbocycles. The number of allylic oxidation sites excluding steroid dienone is 2. The van der Waals surface area contributed by atoms with E-state index in [1.165, 1.54) is 25.1 Å². The minimum absolute atomic E-state index is 0. The number of aryl methyl sites for hydroxylation is 1. The van der Waals surface area contributed by atoms with Gasteiger partial charge in [0, 0.05) is 0 Å². The topological polar surface area (TPSA) is 0 Å². The van der Waals surface area contributed by atoms with E-state index in [0.29, 0.717) is 5.25 Å². The Labute approximate surface area is 104 Å². The zero-order valence-electron chi connectivity index (χ0n) is 8.55. The van der Waals surface area contributed by atoms with Crippen LogP contribution in [0.2, 0.25) is 0 Å². The molecule has 0 N–H and O–H groups in total. The molecule has 1 unspecified atom stereocenters. The summed E-state index contributed by atoms with van der Waals surface area (Å²) in [6, 6.07) is 2.29. The van der Waals surface area contributed by atoms with Crippen LogP contribution < -0.4 is 28.6 Å². The maximum atomic E-state index is 3.54. The van der Waals surface area contributed by atoms with Crippen LogP contribution in [0.3, 0.4) is 0 Å². The van der Waals surface area contributed by atoms with Crippen molar-refractivity contribution in [2.75, 3.05) is 0 Å². The maximum absolute atomic E-state index is 3.54. The second-order valence-electron chi connectivity index (χ2n) is 3.45. The van der Waals surface area contributed by atoms with E-state index in [1.807, 2.05) is 23.1 Å². The quantitative estimate of drug-likeness (QED) is 0.389. The molecule has 1 aromatic heterocycles. The van der Waals surface area contributed by atoms with Crippen LogP contribution in [-0.2, 0) is 0 Å². The van der Waals surface area contributed by atoms with E-state index in [1.54, 1.807) is 0 Å². The molecule has 1 aliphatic heterocycles. The zero-order chi connectivity index (χ0) is 9.00. The number of thiophene rings is 1. The van der Waals surface area contributed by atoms with Gasteiger partial charge >= 0.3 is 18.9 Å². The number of rotatable bonds is 0. The number of hydrogen-bond donors (Lipinski definition) is 0. The van der Waals surface area contributed by atoms with Crippen molar-refractivity contribution in [1.29, 1.82) is 0 Å². The van der Waals surface area contributed by atoms with Gasteiger partial charge < -0.3 is 0 Å². The molecule has 2 aliphatic rings. The van der Waals surface area contributed by atoms with Crippen LogP contribution in [0.1, 0.15) is 11.8 Å². The summed E-state index contributed by atoms with van der Waals surface area (Å²) >= 11 is 3.78. The Bertz CT molecular complexity index is 522. The minimum Gasteiger partial charge on any atom is -0.240 e. The van der Waals surface area contributed by atoms with Gasteiger partial charge in [-0.05, 0) is 28.9 Å². The molecule has 0 aromatic carbocycles. The summed E-state index contributed by atoms with van der Waals surface area (Å²) < 4.78 is 1.36. The van der Waals surface area contributed by atoms with Gasteiger partial charge in [-0.2, -0.15) is 16.6 Å². The maximum Gasteiger partial charge on any atom is 1.00 e. The Balaban J connectivity index is 0.000000750. The Kier molecular flexibility index (Phi) is 2.74. The fraction of sp³-hybridized carbons (Fsp3) is 0.273. The third-order valence-corrected chi connectivity index (χ3v) is 4.45. The van der Waals surface area contributed by atoms with Gasteiger partial charge in [-0.1, -0.05) is 6.08 Å². The Hall–Kier alpha value is 0.127. The first-order chi connectivity index (χ1) is 6.24. The van der Waals surface area contributed by atoms with Gasteiger partial charge in [-0.15, -0.1) is 27.9 Å². The molecule has 1 atom stereocenters. The summed E-state index contributed by atoms with van der Waals surface area (Å²) in [6.07, 6.45) is 5.85. The molecule has 0 radical (unpaired) electrons. The van der Waals surface area contributed by atoms with Gasteiger partial charge in [0.25, 0.3) is 0 Å². The van der Waals surface area contributed by atoms with E-state index < -0.39 is 0 Å². The summed E-state index contributed by atoms with van der Waals surface area (Å²) in [5, 5.41) is 1.93. The molecule has 0 spiro atoms. The average molecular weight is 212 g/mol. The summed E-state index contributed by atoms with van der Waals surface area (Å²) in [5.41, 5.74) is 1.47. The van der Waals surface area contributed by atoms with Crippen LogP contribution in [0.5, 0.6) is 0 Å². The molecule has 1 aromatic rings. The molecular weight excluding hydrogens is 203 g/mol. The summed E-state index contributed by atoms with van der Waals surface area (Å²) in [4.78, 5) is 2.81. The Morgan fingerprint density at radius 3 is 2.93 bits per heavy atom. The van der Waals surface area contributed by atoms with Gasteiger partial charge in [0.05, 0.1) is 0 Å². The number of hydrogen-bond acceptors (Lipinski definition) is 2. The average Bonchev–Trinajstić information content (AvgIpc) is 2.60. The predicted molar refractivity (Wildman–Crippen MR) is 60.3 cm³/mol. The third kappa shape index (κ3) is 1.45. The molecule has 2 heterocycles. The predicted octanol–water partition coefficient (Wildman–Crippen LogP) is -1.10. The second kappa shape index (κ2) is 3.61. The van der Waals surface area contributed by atoms with Gasteiger partial charge in [-0.3, -0.25) is 0 Å². The fourth-order valence-corrected chi connectivity index (χ4v) is 3.96. The van der Waals surface area contributed by atoms with Gasteiger partial charge in [-0.25, -0.2) is 6.08 Å². The van der Waals surface area contributed by atoms with E-state index in [4.69, 9.17) is 0 Å². The summed E-state index contributed by atoms with van der Waals surface area (Å²) in [7, 11) is 0. The smallest absolute Gasteiger partial charge is 0.240 e. The van der Waals surface area contributed by atoms with Gasteiger partial charge in [0.2, 0.25) is 0 Å². The first-order valence-electron chi connectivity index (χ1n) is 4.33. The number of fused-ring (bicyclic) bond motifs is 2. The summed E-state index contributed by atoms with van der Waals surface area (Å²) in [6.45, 7) is 4.34. The molecule has 0 amide bonds. The first kappa shape index (κ1) is 10.6. The van der Waals surface area contributed by atoms with E-state index in [2.05, 4.69) is 32.1 Å². The molecular formula is C11H9LiS2. The van der Waals surface area contributed by atoms with E-state index in [9.17, 15) is 0 Å². The first-order valence-corrected chi connectivity index (χ1v) is 6.03. The van der Waals surface area contributed by atoms with Crippen LogP contribution in [0, 0.1) is 6.92 Å². The molecule has 0 bridgehead atoms. The second-order valence-corrected chi connectivity index (χ2v) is 6.06. The van der Waals surface area contributed by atoms with Crippen molar-refractivity contribution in [1.82, 2.24) is 0 Å². The standard InChI is InChI=1S/C11H9S2.Li/c1-6-3-8-9-4-7(2)13-11(9)5-10(8)12-6;/h3-4,10H,1-2H3;/q-1;+1. The van der Waals surface area contributed by atoms with Gasteiger partial charge in [0.1, 0.15) is 0 Å². The largest absolute Gasteiger partial charge is 1.00 e. The van der Waals surface area contributed by atoms with E-state index >= 15 is 0 Å². The van der Waals surface area contributed by atoms with Crippen LogP contribution in [-0.4, -0.2) is 5.25 Å². The third-order valence-electron chi connectivity index (χ3n) is 2.37. The normalized spacial score (nSPS) is 22.3. The van der Waals surface area contributed by atoms with Crippen molar-refractivity contribution in [3.8, 4) is 0 Å². The van der Waals surface area contributed by atoms with E-state index in [0.717, 1.165) is 0 Å². The summed E-state index contributed by atoms with van der Waals surface area (Å²) in [5.74, 6) is 0. The van der Waals surface area contributed by atoms with Crippen molar-refractivity contribution >= 4 is 34.7 Å². The molecule has 3 heteroatoms. The zero-order valence-corrected chi connectivity index (χ0v) is 10.2. The monoisotopic (exact) mass is 212 g/mol. The van der Waals surface area contributed by atoms with Crippen molar-refractivity contribution in [3.63, 3.8) is 0 Å². The molecule has 66 valence electrons. The van der Waals surface area contributed by atoms with Crippen LogP contribution in [0.25, 0.3) is 11.6 Å². The van der Waals surface area contributed by atoms with Crippen molar-refractivity contribution in [3.05, 3.63) is 31.7 Å². The molecule has 0 saturated heterocycles. The van der Waals surface area contributed by atoms with Gasteiger partial charge in [0.15, 0.2) is 0 Å². The Morgan fingerprint density at radius 2 is 2.14 bits per heavy atom. The number of thioether (sulfide) groups is 1. The molecule has 0 fully saturated rings. The van der Waals surface area contributed by atoms with Crippen LogP contribution >= 0.6 is 23.1 Å². The molecule has 0 saturated carbocycles. The Morgan fingerprint density at radius 1 is 1.36 bits per heavy atom.